The van der Waals surface area contributed by atoms with Crippen LogP contribution >= 0.6 is 0 Å². The normalized spacial score (nSPS) is 16.6. The van der Waals surface area contributed by atoms with E-state index in [1.807, 2.05) is 78.9 Å². The van der Waals surface area contributed by atoms with Gasteiger partial charge in [-0.3, -0.25) is 29.6 Å². The summed E-state index contributed by atoms with van der Waals surface area (Å²) in [6, 6.07) is 20.6. The van der Waals surface area contributed by atoms with E-state index < -0.39 is 11.9 Å². The Balaban J connectivity index is 0.945. The molecule has 1 aromatic heterocycles. The van der Waals surface area contributed by atoms with Gasteiger partial charge in [0, 0.05) is 36.0 Å². The fourth-order valence-corrected chi connectivity index (χ4v) is 5.84. The Bertz CT molecular complexity index is 1720. The predicted octanol–water partition coefficient (Wildman–Crippen LogP) is 4.64. The molecule has 1 atom stereocenters. The molecule has 0 spiro atoms. The van der Waals surface area contributed by atoms with Crippen LogP contribution in [0.4, 0.5) is 0 Å². The minimum absolute atomic E-state index is 0.0956. The van der Waals surface area contributed by atoms with Gasteiger partial charge in [-0.05, 0) is 72.7 Å². The van der Waals surface area contributed by atoms with Gasteiger partial charge in [0.25, 0.3) is 11.8 Å². The highest BCUT2D eigenvalue weighted by Gasteiger charge is 2.39. The van der Waals surface area contributed by atoms with E-state index in [1.165, 1.54) is 0 Å². The molecule has 3 N–H and O–H groups in total. The molecule has 0 radical (unpaired) electrons. The third-order valence-electron chi connectivity index (χ3n) is 8.19. The maximum atomic E-state index is 13.0. The van der Waals surface area contributed by atoms with Crippen molar-refractivity contribution in [2.75, 3.05) is 6.54 Å². The van der Waals surface area contributed by atoms with Crippen LogP contribution in [0, 0.1) is 0 Å². The predicted molar refractivity (Wildman–Crippen MR) is 164 cm³/mol. The summed E-state index contributed by atoms with van der Waals surface area (Å²) in [4.78, 5) is 51.1. The summed E-state index contributed by atoms with van der Waals surface area (Å²) in [5.74, 6) is -0.928. The Kier molecular flexibility index (Phi) is 8.13. The van der Waals surface area contributed by atoms with Gasteiger partial charge in [0.05, 0.1) is 11.2 Å². The number of piperidine rings is 1. The van der Waals surface area contributed by atoms with Crippen molar-refractivity contribution in [3.63, 3.8) is 0 Å². The first kappa shape index (κ1) is 28.1. The van der Waals surface area contributed by atoms with Crippen LogP contribution < -0.4 is 10.6 Å². The number of carbonyl (C=O) groups excluding carboxylic acids is 4. The van der Waals surface area contributed by atoms with Crippen LogP contribution in [-0.4, -0.2) is 51.3 Å². The zero-order valence-electron chi connectivity index (χ0n) is 23.8. The average molecular weight is 576 g/mol. The fraction of sp³-hybridized carbons (Fsp3) is 0.265. The van der Waals surface area contributed by atoms with Crippen molar-refractivity contribution in [3.8, 4) is 0 Å². The second-order valence-corrected chi connectivity index (χ2v) is 11.0. The number of H-pyrrole nitrogens is 1. The van der Waals surface area contributed by atoms with Crippen molar-refractivity contribution in [2.45, 2.75) is 51.1 Å². The summed E-state index contributed by atoms with van der Waals surface area (Å²) in [5, 5.41) is 13.8. The second-order valence-electron chi connectivity index (χ2n) is 11.0. The van der Waals surface area contributed by atoms with Gasteiger partial charge in [-0.1, -0.05) is 55.0 Å². The molecule has 9 heteroatoms. The van der Waals surface area contributed by atoms with Crippen molar-refractivity contribution in [1.29, 1.82) is 0 Å². The molecular weight excluding hydrogens is 542 g/mol. The average Bonchev–Trinajstić information content (AvgIpc) is 3.59. The number of hydrogen-bond donors (Lipinski definition) is 3. The topological polar surface area (TPSA) is 124 Å². The van der Waals surface area contributed by atoms with Crippen molar-refractivity contribution < 1.29 is 19.2 Å². The van der Waals surface area contributed by atoms with E-state index in [0.717, 1.165) is 59.0 Å². The number of rotatable bonds is 10. The Hall–Kier alpha value is -5.05. The van der Waals surface area contributed by atoms with Gasteiger partial charge in [0.15, 0.2) is 0 Å². The van der Waals surface area contributed by atoms with Crippen LogP contribution in [0.25, 0.3) is 23.1 Å². The van der Waals surface area contributed by atoms with Crippen molar-refractivity contribution >= 4 is 46.7 Å². The maximum absolute atomic E-state index is 13.0. The Morgan fingerprint density at radius 2 is 1.79 bits per heavy atom. The molecule has 4 amide bonds. The van der Waals surface area contributed by atoms with E-state index in [-0.39, 0.29) is 24.1 Å². The number of amides is 4. The van der Waals surface area contributed by atoms with Crippen LogP contribution in [0.1, 0.15) is 75.2 Å². The third-order valence-corrected chi connectivity index (χ3v) is 8.19. The molecule has 3 heterocycles. The Morgan fingerprint density at radius 3 is 2.63 bits per heavy atom. The van der Waals surface area contributed by atoms with Crippen molar-refractivity contribution in [1.82, 2.24) is 25.7 Å². The number of carbonyl (C=O) groups is 4. The summed E-state index contributed by atoms with van der Waals surface area (Å²) < 4.78 is 0. The third kappa shape index (κ3) is 6.11. The number of aromatic amines is 1. The molecule has 9 nitrogen and oxygen atoms in total. The van der Waals surface area contributed by atoms with E-state index in [9.17, 15) is 19.2 Å². The van der Waals surface area contributed by atoms with E-state index in [2.05, 4.69) is 20.8 Å². The van der Waals surface area contributed by atoms with Crippen molar-refractivity contribution in [3.05, 3.63) is 100 Å². The molecule has 2 aliphatic heterocycles. The SMILES string of the molecule is O=C1CCC(N2Cc3c(CCCCCNC(=O)c4ccc(/C=C/c5n[nH]c6ccccc56)cc4)cccc3C2=O)C(=O)N1. The molecule has 2 aliphatic rings. The van der Waals surface area contributed by atoms with E-state index in [4.69, 9.17) is 0 Å². The highest BCUT2D eigenvalue weighted by Crippen LogP contribution is 2.30. The molecule has 6 rings (SSSR count). The van der Waals surface area contributed by atoms with E-state index in [1.54, 1.807) is 4.90 Å². The standard InChI is InChI=1S/C34H33N5O4/c40-31-19-18-30(33(42)36-31)39-21-27-23(8-6-10-25(27)34(39)43)7-2-1-5-20-35-32(41)24-15-12-22(13-16-24)14-17-29-26-9-3-4-11-28(26)37-38-29/h3-4,6,8-17,30H,1-2,5,7,18-21H2,(H,35,41)(H,37,38)(H,36,40,42)/b17-14+. The minimum atomic E-state index is -0.607. The van der Waals surface area contributed by atoms with Crippen LogP contribution in [0.2, 0.25) is 0 Å². The molecule has 218 valence electrons. The molecule has 4 aromatic rings. The monoisotopic (exact) mass is 575 g/mol. The quantitative estimate of drug-likeness (QED) is 0.188. The van der Waals surface area contributed by atoms with Crippen LogP contribution in [0.15, 0.2) is 66.7 Å². The van der Waals surface area contributed by atoms with Gasteiger partial charge >= 0.3 is 0 Å². The molecule has 0 aliphatic carbocycles. The first-order chi connectivity index (χ1) is 21.0. The zero-order chi connectivity index (χ0) is 29.8. The van der Waals surface area contributed by atoms with Gasteiger partial charge < -0.3 is 10.2 Å². The maximum Gasteiger partial charge on any atom is 0.255 e. The van der Waals surface area contributed by atoms with Gasteiger partial charge in [-0.2, -0.15) is 5.10 Å². The summed E-state index contributed by atoms with van der Waals surface area (Å²) in [6.07, 6.45) is 8.06. The lowest BCUT2D eigenvalue weighted by Crippen LogP contribution is -2.52. The lowest BCUT2D eigenvalue weighted by Gasteiger charge is -2.29. The zero-order valence-corrected chi connectivity index (χ0v) is 23.8. The van der Waals surface area contributed by atoms with Gasteiger partial charge in [-0.25, -0.2) is 0 Å². The van der Waals surface area contributed by atoms with Gasteiger partial charge in [-0.15, -0.1) is 0 Å². The number of hydrogen-bond acceptors (Lipinski definition) is 5. The van der Waals surface area contributed by atoms with Crippen molar-refractivity contribution in [2.24, 2.45) is 0 Å². The van der Waals surface area contributed by atoms with Gasteiger partial charge in [0.1, 0.15) is 6.04 Å². The summed E-state index contributed by atoms with van der Waals surface area (Å²) in [7, 11) is 0. The van der Waals surface area contributed by atoms with E-state index in [0.29, 0.717) is 30.6 Å². The molecular formula is C34H33N5O4. The van der Waals surface area contributed by atoms with Gasteiger partial charge in [0.2, 0.25) is 11.8 Å². The summed E-state index contributed by atoms with van der Waals surface area (Å²) >= 11 is 0. The molecule has 3 aromatic carbocycles. The Labute approximate surface area is 249 Å². The number of aromatic nitrogens is 2. The molecule has 43 heavy (non-hydrogen) atoms. The van der Waals surface area contributed by atoms with Crippen LogP contribution in [0.5, 0.6) is 0 Å². The van der Waals surface area contributed by atoms with E-state index >= 15 is 0 Å². The molecule has 1 unspecified atom stereocenters. The molecule has 0 bridgehead atoms. The van der Waals surface area contributed by atoms with Crippen LogP contribution in [-0.2, 0) is 22.6 Å². The van der Waals surface area contributed by atoms with Crippen LogP contribution in [0.3, 0.4) is 0 Å². The lowest BCUT2D eigenvalue weighted by molar-refractivity contribution is -0.136. The number of nitrogens with one attached hydrogen (secondary N) is 3. The number of benzene rings is 3. The number of para-hydroxylation sites is 1. The minimum Gasteiger partial charge on any atom is -0.352 e. The summed E-state index contributed by atoms with van der Waals surface area (Å²) in [5.41, 5.74) is 6.20. The lowest BCUT2D eigenvalue weighted by atomic mass is 9.98. The Morgan fingerprint density at radius 1 is 0.953 bits per heavy atom. The first-order valence-corrected chi connectivity index (χ1v) is 14.7. The number of imide groups is 1. The fourth-order valence-electron chi connectivity index (χ4n) is 5.84. The highest BCUT2D eigenvalue weighted by atomic mass is 16.2. The number of nitrogens with zero attached hydrogens (tertiary/aromatic N) is 2. The smallest absolute Gasteiger partial charge is 0.255 e. The summed E-state index contributed by atoms with van der Waals surface area (Å²) in [6.45, 7) is 0.975. The molecule has 1 saturated heterocycles. The first-order valence-electron chi connectivity index (χ1n) is 14.7. The largest absolute Gasteiger partial charge is 0.352 e. The number of unbranched alkanes of at least 4 members (excludes halogenated alkanes) is 2. The highest BCUT2D eigenvalue weighted by molar-refractivity contribution is 6.05. The number of aryl methyl sites for hydroxylation is 1. The number of fused-ring (bicyclic) bond motifs is 2. The molecule has 0 saturated carbocycles. The second kappa shape index (κ2) is 12.4. The molecule has 1 fully saturated rings.